The maximum Gasteiger partial charge on any atom is 2.00 e. The average Bonchev–Trinajstić information content (AvgIpc) is 3.29. The maximum atomic E-state index is 12.0. The minimum absolute atomic E-state index is 0. The molecule has 0 bridgehead atoms. The Morgan fingerprint density at radius 2 is 0.587 bits per heavy atom. The van der Waals surface area contributed by atoms with Gasteiger partial charge in [0.05, 0.1) is 36.3 Å². The number of hydrogen-bond acceptors (Lipinski definition) is 8. The van der Waals surface area contributed by atoms with Gasteiger partial charge >= 0.3 is 35.8 Å². The first-order valence-corrected chi connectivity index (χ1v) is 24.7. The van der Waals surface area contributed by atoms with Gasteiger partial charge in [-0.2, -0.15) is 0 Å². The summed E-state index contributed by atoms with van der Waals surface area (Å²) in [5.41, 5.74) is -0.111. The third-order valence-corrected chi connectivity index (χ3v) is 10.4. The minimum Gasteiger partial charge on any atom is -0.545 e. The number of carboxylic acids is 2. The second kappa shape index (κ2) is 50.1. The number of carboxylic acid groups (broad SMARTS) is 2. The SMILES string of the molecule is CCCCCCCCCCCCCCCOC(=O)c1ccccc1C(=O)[O-].CCCCCCCCCCCCCCCOC(=O)c1ccccc1C(=O)[O-].[CH2]CCC.[CH2]CCC.[Sn+2]. The van der Waals surface area contributed by atoms with Gasteiger partial charge in [0.25, 0.3) is 0 Å². The van der Waals surface area contributed by atoms with E-state index in [1.807, 2.05) is 0 Å². The smallest absolute Gasteiger partial charge is 0.545 e. The number of unbranched alkanes of at least 4 members (excludes halogenated alkanes) is 26. The Morgan fingerprint density at radius 1 is 0.381 bits per heavy atom. The molecule has 9 heteroatoms. The predicted molar refractivity (Wildman–Crippen MR) is 260 cm³/mol. The molecule has 0 amide bonds. The largest absolute Gasteiger partial charge is 2.00 e. The summed E-state index contributed by atoms with van der Waals surface area (Å²) in [5.74, 6) is -3.89. The van der Waals surface area contributed by atoms with Gasteiger partial charge in [0, 0.05) is 11.1 Å². The summed E-state index contributed by atoms with van der Waals surface area (Å²) in [4.78, 5) is 46.0. The first-order valence-electron chi connectivity index (χ1n) is 24.7. The van der Waals surface area contributed by atoms with Gasteiger partial charge in [0.1, 0.15) is 0 Å². The van der Waals surface area contributed by atoms with Gasteiger partial charge in [-0.25, -0.2) is 9.59 Å². The van der Waals surface area contributed by atoms with Crippen LogP contribution in [0.2, 0.25) is 0 Å². The third kappa shape index (κ3) is 40.4. The molecule has 0 atom stereocenters. The molecule has 0 spiro atoms. The van der Waals surface area contributed by atoms with E-state index < -0.39 is 23.9 Å². The number of carbonyl (C=O) groups excluding carboxylic acids is 4. The number of aromatic carboxylic acids is 2. The molecule has 4 radical (unpaired) electrons. The molecule has 2 rings (SSSR count). The summed E-state index contributed by atoms with van der Waals surface area (Å²) in [6.45, 7) is 16.6. The second-order valence-corrected chi connectivity index (χ2v) is 16.1. The van der Waals surface area contributed by atoms with E-state index >= 15 is 0 Å². The molecule has 0 heterocycles. The van der Waals surface area contributed by atoms with E-state index in [2.05, 4.69) is 41.5 Å². The fourth-order valence-corrected chi connectivity index (χ4v) is 6.40. The number of benzene rings is 2. The van der Waals surface area contributed by atoms with E-state index in [1.165, 1.54) is 166 Å². The molecule has 0 saturated carbocycles. The molecule has 63 heavy (non-hydrogen) atoms. The van der Waals surface area contributed by atoms with Gasteiger partial charge in [0.2, 0.25) is 0 Å². The van der Waals surface area contributed by atoms with Crippen LogP contribution in [0.15, 0.2) is 48.5 Å². The van der Waals surface area contributed by atoms with E-state index in [4.69, 9.17) is 9.47 Å². The summed E-state index contributed by atoms with van der Waals surface area (Å²) in [7, 11) is 0. The predicted octanol–water partition coefficient (Wildman–Crippen LogP) is 13.5. The topological polar surface area (TPSA) is 133 Å². The van der Waals surface area contributed by atoms with Crippen molar-refractivity contribution in [2.45, 2.75) is 220 Å². The van der Waals surface area contributed by atoms with Crippen molar-refractivity contribution in [3.63, 3.8) is 0 Å². The fourth-order valence-electron chi connectivity index (χ4n) is 6.40. The normalized spacial score (nSPS) is 10.1. The van der Waals surface area contributed by atoms with Crippen LogP contribution in [0.25, 0.3) is 0 Å². The summed E-state index contributed by atoms with van der Waals surface area (Å²) < 4.78 is 10.4. The molecule has 0 saturated heterocycles. The Bertz CT molecular complexity index is 1240. The van der Waals surface area contributed by atoms with Gasteiger partial charge in [0.15, 0.2) is 0 Å². The van der Waals surface area contributed by atoms with Crippen molar-refractivity contribution in [3.8, 4) is 0 Å². The van der Waals surface area contributed by atoms with Crippen LogP contribution in [0.4, 0.5) is 0 Å². The fraction of sp³-hybridized carbons (Fsp3) is 0.667. The number of ether oxygens (including phenoxy) is 2. The van der Waals surface area contributed by atoms with Gasteiger partial charge in [-0.15, -0.1) is 0 Å². The van der Waals surface area contributed by atoms with Crippen LogP contribution in [0.5, 0.6) is 0 Å². The number of carbonyl (C=O) groups is 4. The Morgan fingerprint density at radius 3 is 0.794 bits per heavy atom. The van der Waals surface area contributed by atoms with Gasteiger partial charge < -0.3 is 29.3 Å². The third-order valence-electron chi connectivity index (χ3n) is 10.4. The summed E-state index contributed by atoms with van der Waals surface area (Å²) >= 11 is 0. The molecule has 0 aliphatic carbocycles. The van der Waals surface area contributed by atoms with Gasteiger partial charge in [-0.3, -0.25) is 0 Å². The molecule has 8 nitrogen and oxygen atoms in total. The van der Waals surface area contributed by atoms with Crippen molar-refractivity contribution in [3.05, 3.63) is 84.6 Å². The Balaban J connectivity index is -0.000000961. The zero-order valence-corrected chi connectivity index (χ0v) is 43.3. The molecule has 0 aromatic heterocycles. The van der Waals surface area contributed by atoms with Crippen LogP contribution in [0.3, 0.4) is 0 Å². The zero-order valence-electron chi connectivity index (χ0n) is 40.4. The van der Waals surface area contributed by atoms with E-state index in [0.29, 0.717) is 13.2 Å². The number of hydrogen-bond donors (Lipinski definition) is 0. The van der Waals surface area contributed by atoms with E-state index in [1.54, 1.807) is 24.3 Å². The molecule has 0 N–H and O–H groups in total. The quantitative estimate of drug-likeness (QED) is 0.0385. The monoisotopic (exact) mass is 985 g/mol. The van der Waals surface area contributed by atoms with Crippen molar-refractivity contribution in [2.75, 3.05) is 13.2 Å². The molecule has 2 aromatic rings. The molecule has 356 valence electrons. The van der Waals surface area contributed by atoms with Crippen LogP contribution in [0, 0.1) is 13.8 Å². The second-order valence-electron chi connectivity index (χ2n) is 16.1. The molecular formula is C54H88O8Sn. The Labute approximate surface area is 402 Å². The minimum atomic E-state index is -1.36. The van der Waals surface area contributed by atoms with Crippen LogP contribution in [-0.4, -0.2) is 61.0 Å². The summed E-state index contributed by atoms with van der Waals surface area (Å²) in [6.07, 6.45) is 37.4. The van der Waals surface area contributed by atoms with Crippen molar-refractivity contribution in [1.29, 1.82) is 0 Å². The first kappa shape index (κ1) is 64.4. The average molecular weight is 984 g/mol. The van der Waals surface area contributed by atoms with Crippen LogP contribution in [-0.2, 0) is 9.47 Å². The van der Waals surface area contributed by atoms with Gasteiger partial charge in [-0.05, 0) is 25.0 Å². The van der Waals surface area contributed by atoms with Gasteiger partial charge in [-0.1, -0.05) is 258 Å². The molecule has 0 aliphatic rings. The Kier molecular flexibility index (Phi) is 51.2. The van der Waals surface area contributed by atoms with E-state index in [0.717, 1.165) is 51.4 Å². The summed E-state index contributed by atoms with van der Waals surface area (Å²) in [6, 6.07) is 12.0. The molecule has 0 unspecified atom stereocenters. The first-order chi connectivity index (χ1) is 30.2. The van der Waals surface area contributed by atoms with Crippen molar-refractivity contribution < 1.29 is 38.9 Å². The molecular weight excluding hydrogens is 895 g/mol. The van der Waals surface area contributed by atoms with E-state index in [-0.39, 0.29) is 46.2 Å². The molecule has 0 fully saturated rings. The molecule has 2 aromatic carbocycles. The summed E-state index contributed by atoms with van der Waals surface area (Å²) in [5, 5.41) is 22.0. The van der Waals surface area contributed by atoms with Crippen molar-refractivity contribution in [1.82, 2.24) is 0 Å². The Hall–Kier alpha value is -2.88. The number of rotatable bonds is 34. The van der Waals surface area contributed by atoms with Crippen molar-refractivity contribution >= 4 is 47.8 Å². The van der Waals surface area contributed by atoms with Crippen LogP contribution in [0.1, 0.15) is 262 Å². The standard InChI is InChI=1S/2C23H36O4.2C4H9.Sn/c2*1-2-3-4-5-6-7-8-9-10-11-12-13-16-19-27-23(26)21-18-15-14-17-20(21)22(24)25;2*1-3-4-2;/h2*14-15,17-18H,2-13,16,19H2,1H3,(H,24,25);2*1,3-4H2,2H3;/q;;;;+2/p-2. The van der Waals surface area contributed by atoms with Crippen LogP contribution < -0.4 is 10.2 Å². The maximum absolute atomic E-state index is 12.0. The molecule has 0 aliphatic heterocycles. The zero-order chi connectivity index (χ0) is 46.3. The van der Waals surface area contributed by atoms with Crippen molar-refractivity contribution in [2.24, 2.45) is 0 Å². The van der Waals surface area contributed by atoms with E-state index in [9.17, 15) is 29.4 Å². The van der Waals surface area contributed by atoms with Crippen LogP contribution >= 0.6 is 0 Å². The number of esters is 2.